The Kier molecular flexibility index (Phi) is 3.20. The Balaban J connectivity index is 2.58. The van der Waals surface area contributed by atoms with E-state index < -0.39 is 0 Å². The van der Waals surface area contributed by atoms with E-state index in [2.05, 4.69) is 20.4 Å². The molecule has 0 unspecified atom stereocenters. The molecule has 7 nitrogen and oxygen atoms in total. The van der Waals surface area contributed by atoms with Gasteiger partial charge in [0.2, 0.25) is 11.9 Å². The van der Waals surface area contributed by atoms with Crippen molar-refractivity contribution in [2.45, 2.75) is 27.7 Å². The van der Waals surface area contributed by atoms with Gasteiger partial charge in [-0.2, -0.15) is 9.78 Å². The Labute approximate surface area is 109 Å². The lowest BCUT2D eigenvalue weighted by molar-refractivity contribution is -0.114. The summed E-state index contributed by atoms with van der Waals surface area (Å²) in [6.07, 6.45) is 0. The molecule has 2 rings (SSSR count). The van der Waals surface area contributed by atoms with Crippen LogP contribution in [0, 0.1) is 20.8 Å². The second-order valence-corrected chi connectivity index (χ2v) is 4.36. The monoisotopic (exact) mass is 261 g/mol. The smallest absolute Gasteiger partial charge is 0.255 e. The van der Waals surface area contributed by atoms with Crippen LogP contribution < -0.4 is 10.9 Å². The Morgan fingerprint density at radius 3 is 2.63 bits per heavy atom. The lowest BCUT2D eigenvalue weighted by Gasteiger charge is -2.07. The summed E-state index contributed by atoms with van der Waals surface area (Å²) in [5.74, 6) is 0.536. The minimum atomic E-state index is -0.218. The van der Waals surface area contributed by atoms with Gasteiger partial charge in [-0.3, -0.25) is 14.6 Å². The summed E-state index contributed by atoms with van der Waals surface area (Å²) in [6, 6.07) is 1.70. The van der Waals surface area contributed by atoms with Crippen molar-refractivity contribution < 1.29 is 4.79 Å². The highest BCUT2D eigenvalue weighted by molar-refractivity contribution is 5.88. The fourth-order valence-corrected chi connectivity index (χ4v) is 1.66. The average Bonchev–Trinajstić information content (AvgIpc) is 2.65. The molecule has 0 saturated heterocycles. The maximum atomic E-state index is 11.8. The van der Waals surface area contributed by atoms with Crippen LogP contribution in [-0.4, -0.2) is 25.7 Å². The second kappa shape index (κ2) is 4.68. The van der Waals surface area contributed by atoms with Crippen LogP contribution in [0.2, 0.25) is 0 Å². The van der Waals surface area contributed by atoms with Crippen LogP contribution in [0.15, 0.2) is 10.9 Å². The molecule has 0 saturated carbocycles. The van der Waals surface area contributed by atoms with E-state index in [9.17, 15) is 9.59 Å². The standard InChI is InChI=1S/C12H15N5O2/c1-6-5-10(14-9(4)18)17(16-6)12-13-8(3)7(2)11(19)15-12/h5H,1-4H3,(H,14,18)(H,13,15,19). The van der Waals surface area contributed by atoms with Gasteiger partial charge in [0.25, 0.3) is 5.56 Å². The number of rotatable bonds is 2. The fraction of sp³-hybridized carbons (Fsp3) is 0.333. The topological polar surface area (TPSA) is 92.7 Å². The summed E-state index contributed by atoms with van der Waals surface area (Å²) in [7, 11) is 0. The van der Waals surface area contributed by atoms with E-state index in [1.807, 2.05) is 0 Å². The maximum absolute atomic E-state index is 11.8. The van der Waals surface area contributed by atoms with E-state index in [4.69, 9.17) is 0 Å². The Hall–Kier alpha value is -2.44. The van der Waals surface area contributed by atoms with Crippen LogP contribution in [-0.2, 0) is 4.79 Å². The summed E-state index contributed by atoms with van der Waals surface area (Å²) < 4.78 is 1.41. The first-order chi connectivity index (χ1) is 8.88. The minimum absolute atomic E-state index is 0.215. The van der Waals surface area contributed by atoms with Crippen molar-refractivity contribution in [2.75, 3.05) is 5.32 Å². The lowest BCUT2D eigenvalue weighted by atomic mass is 10.3. The third-order valence-corrected chi connectivity index (χ3v) is 2.72. The van der Waals surface area contributed by atoms with E-state index in [0.717, 1.165) is 0 Å². The highest BCUT2D eigenvalue weighted by Gasteiger charge is 2.12. The van der Waals surface area contributed by atoms with Crippen LogP contribution in [0.4, 0.5) is 5.82 Å². The lowest BCUT2D eigenvalue weighted by Crippen LogP contribution is -2.20. The molecule has 2 aromatic rings. The van der Waals surface area contributed by atoms with Crippen LogP contribution in [0.25, 0.3) is 5.95 Å². The molecule has 7 heteroatoms. The van der Waals surface area contributed by atoms with Gasteiger partial charge in [0.05, 0.1) is 5.69 Å². The van der Waals surface area contributed by atoms with Crippen molar-refractivity contribution in [3.63, 3.8) is 0 Å². The molecular weight excluding hydrogens is 246 g/mol. The number of anilines is 1. The van der Waals surface area contributed by atoms with Gasteiger partial charge in [-0.05, 0) is 20.8 Å². The number of hydrogen-bond acceptors (Lipinski definition) is 4. The molecule has 2 heterocycles. The van der Waals surface area contributed by atoms with E-state index >= 15 is 0 Å². The van der Waals surface area contributed by atoms with Crippen LogP contribution in [0.5, 0.6) is 0 Å². The minimum Gasteiger partial charge on any atom is -0.311 e. The third kappa shape index (κ3) is 2.54. The SMILES string of the molecule is CC(=O)Nc1cc(C)nn1-c1nc(C)c(C)c(=O)[nH]1. The van der Waals surface area contributed by atoms with E-state index in [1.165, 1.54) is 11.6 Å². The Morgan fingerprint density at radius 2 is 2.05 bits per heavy atom. The highest BCUT2D eigenvalue weighted by atomic mass is 16.1. The van der Waals surface area contributed by atoms with E-state index in [1.54, 1.807) is 26.8 Å². The number of aromatic amines is 1. The zero-order valence-electron chi connectivity index (χ0n) is 11.2. The molecular formula is C12H15N5O2. The maximum Gasteiger partial charge on any atom is 0.255 e. The van der Waals surface area contributed by atoms with Gasteiger partial charge in [0, 0.05) is 24.2 Å². The molecule has 19 heavy (non-hydrogen) atoms. The molecule has 0 bridgehead atoms. The summed E-state index contributed by atoms with van der Waals surface area (Å²) in [4.78, 5) is 29.8. The predicted molar refractivity (Wildman–Crippen MR) is 70.5 cm³/mol. The molecule has 0 spiro atoms. The van der Waals surface area contributed by atoms with Crippen LogP contribution in [0.3, 0.4) is 0 Å². The number of amides is 1. The first kappa shape index (κ1) is 13.0. The van der Waals surface area contributed by atoms with E-state index in [0.29, 0.717) is 22.8 Å². The first-order valence-corrected chi connectivity index (χ1v) is 5.80. The number of aryl methyl sites for hydroxylation is 2. The summed E-state index contributed by atoms with van der Waals surface area (Å²) in [5.41, 5.74) is 1.68. The average molecular weight is 261 g/mol. The Bertz CT molecular complexity index is 699. The Morgan fingerprint density at radius 1 is 1.37 bits per heavy atom. The molecule has 1 amide bonds. The molecule has 0 aliphatic carbocycles. The summed E-state index contributed by atoms with van der Waals surface area (Å²) in [6.45, 7) is 6.65. The number of H-pyrrole nitrogens is 1. The van der Waals surface area contributed by atoms with Crippen molar-refractivity contribution >= 4 is 11.7 Å². The normalized spacial score (nSPS) is 10.5. The van der Waals surface area contributed by atoms with Crippen molar-refractivity contribution in [1.82, 2.24) is 19.7 Å². The number of nitrogens with zero attached hydrogens (tertiary/aromatic N) is 3. The highest BCUT2D eigenvalue weighted by Crippen LogP contribution is 2.14. The van der Waals surface area contributed by atoms with Gasteiger partial charge < -0.3 is 5.32 Å². The van der Waals surface area contributed by atoms with Gasteiger partial charge in [-0.25, -0.2) is 4.98 Å². The quantitative estimate of drug-likeness (QED) is 0.837. The summed E-state index contributed by atoms with van der Waals surface area (Å²) in [5, 5.41) is 6.86. The van der Waals surface area contributed by atoms with Crippen molar-refractivity contribution in [3.8, 4) is 5.95 Å². The third-order valence-electron chi connectivity index (χ3n) is 2.72. The molecule has 0 fully saturated rings. The molecule has 0 radical (unpaired) electrons. The van der Waals surface area contributed by atoms with Crippen molar-refractivity contribution in [3.05, 3.63) is 33.4 Å². The molecule has 100 valence electrons. The largest absolute Gasteiger partial charge is 0.311 e. The molecule has 0 atom stereocenters. The van der Waals surface area contributed by atoms with Gasteiger partial charge >= 0.3 is 0 Å². The van der Waals surface area contributed by atoms with Gasteiger partial charge in [-0.1, -0.05) is 0 Å². The molecule has 0 aliphatic rings. The summed E-state index contributed by atoms with van der Waals surface area (Å²) >= 11 is 0. The number of nitrogens with one attached hydrogen (secondary N) is 2. The molecule has 0 aliphatic heterocycles. The van der Waals surface area contributed by atoms with Crippen LogP contribution in [0.1, 0.15) is 23.9 Å². The van der Waals surface area contributed by atoms with Gasteiger partial charge in [-0.15, -0.1) is 0 Å². The predicted octanol–water partition coefficient (Wildman–Crippen LogP) is 0.839. The van der Waals surface area contributed by atoms with Gasteiger partial charge in [0.15, 0.2) is 0 Å². The van der Waals surface area contributed by atoms with Crippen molar-refractivity contribution in [2.24, 2.45) is 0 Å². The van der Waals surface area contributed by atoms with Crippen LogP contribution >= 0.6 is 0 Å². The molecule has 2 N–H and O–H groups in total. The zero-order valence-corrected chi connectivity index (χ0v) is 11.2. The molecule has 0 aromatic carbocycles. The second-order valence-electron chi connectivity index (χ2n) is 4.36. The molecule has 2 aromatic heterocycles. The number of carbonyl (C=O) groups is 1. The number of hydrogen-bond donors (Lipinski definition) is 2. The van der Waals surface area contributed by atoms with E-state index in [-0.39, 0.29) is 17.4 Å². The number of carbonyl (C=O) groups excluding carboxylic acids is 1. The number of aromatic nitrogens is 4. The van der Waals surface area contributed by atoms with Gasteiger partial charge in [0.1, 0.15) is 5.82 Å². The first-order valence-electron chi connectivity index (χ1n) is 5.80. The zero-order chi connectivity index (χ0) is 14.2. The van der Waals surface area contributed by atoms with Crippen molar-refractivity contribution in [1.29, 1.82) is 0 Å². The fourth-order valence-electron chi connectivity index (χ4n) is 1.66.